The largest absolute Gasteiger partial charge is 1.00 e. The van der Waals surface area contributed by atoms with E-state index in [-0.39, 0.29) is 146 Å². The summed E-state index contributed by atoms with van der Waals surface area (Å²) in [5.74, 6) is 0. The van der Waals surface area contributed by atoms with Crippen LogP contribution in [0.5, 0.6) is 0 Å². The molecule has 0 radical (unpaired) electrons. The first kappa shape index (κ1) is 36.0. The van der Waals surface area contributed by atoms with Crippen LogP contribution in [-0.2, 0) is 20.2 Å². The van der Waals surface area contributed by atoms with Crippen LogP contribution < -0.4 is 88.7 Å². The van der Waals surface area contributed by atoms with E-state index in [1.807, 2.05) is 0 Å². The van der Waals surface area contributed by atoms with Gasteiger partial charge in [0.2, 0.25) is 0 Å². The normalized spacial score (nSPS) is 10.7. The monoisotopic (exact) mass is 254 g/mol. The predicted octanol–water partition coefficient (Wildman–Crippen LogP) is -11.2. The number of rotatable bonds is 1. The van der Waals surface area contributed by atoms with Crippen molar-refractivity contribution in [3.63, 3.8) is 0 Å². The zero-order chi connectivity index (χ0) is 5.15. The molecule has 0 amide bonds. The maximum Gasteiger partial charge on any atom is 1.00 e. The SMILES string of the molecule is O=S([O-])S(=O)[O-].[KH].[Na+].[Na+].[Na+].[OH-]. The van der Waals surface area contributed by atoms with Gasteiger partial charge in [0.1, 0.15) is 0 Å². The van der Waals surface area contributed by atoms with Crippen molar-refractivity contribution in [1.82, 2.24) is 0 Å². The summed E-state index contributed by atoms with van der Waals surface area (Å²) in [5.41, 5.74) is 0. The van der Waals surface area contributed by atoms with Crippen LogP contribution in [0.15, 0.2) is 0 Å². The molecular weight excluding hydrogens is 252 g/mol. The Morgan fingerprint density at radius 2 is 0.909 bits per heavy atom. The smallest absolute Gasteiger partial charge is 0.870 e. The van der Waals surface area contributed by atoms with Crippen molar-refractivity contribution in [2.24, 2.45) is 0 Å². The van der Waals surface area contributed by atoms with Crippen LogP contribution in [0, 0.1) is 0 Å². The van der Waals surface area contributed by atoms with Gasteiger partial charge >= 0.3 is 140 Å². The molecule has 2 unspecified atom stereocenters. The van der Waals surface area contributed by atoms with Crippen molar-refractivity contribution in [3.8, 4) is 0 Å². The Balaban J connectivity index is -0.0000000125. The van der Waals surface area contributed by atoms with Crippen molar-refractivity contribution in [2.45, 2.75) is 0 Å². The Kier molecular flexibility index (Phi) is 79.2. The van der Waals surface area contributed by atoms with Gasteiger partial charge < -0.3 is 14.6 Å². The Morgan fingerprint density at radius 3 is 0.909 bits per heavy atom. The van der Waals surface area contributed by atoms with E-state index in [0.29, 0.717) is 0 Å². The third-order valence-corrected chi connectivity index (χ3v) is 1.00. The summed E-state index contributed by atoms with van der Waals surface area (Å²) in [7, 11) is -5.90. The Bertz CT molecular complexity index is 85.7. The second-order valence-corrected chi connectivity index (χ2v) is 2.86. The minimum Gasteiger partial charge on any atom is -0.870 e. The average Bonchev–Trinajstić information content (AvgIpc) is 1.36. The van der Waals surface area contributed by atoms with E-state index in [9.17, 15) is 0 Å². The van der Waals surface area contributed by atoms with Crippen molar-refractivity contribution in [3.05, 3.63) is 0 Å². The van der Waals surface area contributed by atoms with E-state index in [1.54, 1.807) is 0 Å². The van der Waals surface area contributed by atoms with Crippen LogP contribution in [0.25, 0.3) is 0 Å². The Morgan fingerprint density at radius 1 is 0.818 bits per heavy atom. The van der Waals surface area contributed by atoms with Crippen LogP contribution in [0.1, 0.15) is 0 Å². The molecule has 0 saturated carbocycles. The molecule has 0 aliphatic heterocycles. The van der Waals surface area contributed by atoms with Gasteiger partial charge in [0.05, 0.1) is 0 Å². The van der Waals surface area contributed by atoms with E-state index in [1.165, 1.54) is 0 Å². The molecule has 0 heterocycles. The van der Waals surface area contributed by atoms with Gasteiger partial charge in [-0.1, -0.05) is 0 Å². The van der Waals surface area contributed by atoms with Crippen LogP contribution in [0.3, 0.4) is 0 Å². The summed E-state index contributed by atoms with van der Waals surface area (Å²) in [6.07, 6.45) is 0. The minimum absolute atomic E-state index is 0. The van der Waals surface area contributed by atoms with Crippen molar-refractivity contribution in [1.29, 1.82) is 0 Å². The molecule has 0 spiro atoms. The van der Waals surface area contributed by atoms with E-state index in [4.69, 9.17) is 17.5 Å². The summed E-state index contributed by atoms with van der Waals surface area (Å²) in [5, 5.41) is 0. The quantitative estimate of drug-likeness (QED) is 0.262. The van der Waals surface area contributed by atoms with Crippen LogP contribution in [0.4, 0.5) is 0 Å². The van der Waals surface area contributed by atoms with Gasteiger partial charge in [0.15, 0.2) is 0 Å². The average molecular weight is 254 g/mol. The van der Waals surface area contributed by atoms with Crippen LogP contribution >= 0.6 is 0 Å². The second kappa shape index (κ2) is 24.2. The van der Waals surface area contributed by atoms with Crippen LogP contribution in [0.2, 0.25) is 0 Å². The first-order valence-corrected chi connectivity index (χ1v) is 3.50. The fourth-order valence-corrected chi connectivity index (χ4v) is 0. The maximum absolute atomic E-state index is 9.09. The van der Waals surface area contributed by atoms with Gasteiger partial charge in [-0.2, -0.15) is 0 Å². The zero-order valence-corrected chi connectivity index (χ0v) is 13.5. The van der Waals surface area contributed by atoms with Gasteiger partial charge in [-0.05, 0) is 0 Å². The predicted molar refractivity (Wildman–Crippen MR) is 26.9 cm³/mol. The summed E-state index contributed by atoms with van der Waals surface area (Å²) in [6, 6.07) is 0. The minimum atomic E-state index is -2.95. The van der Waals surface area contributed by atoms with Gasteiger partial charge in [-0.3, -0.25) is 8.42 Å². The standard InChI is InChI=1S/K.3Na.H2O4S2.H2O.H/c;;;;1-5(2)6(3)4;;/h;;;;(H,1,2)(H,3,4);1H2;/q;3*+1;;;/p-3. The molecule has 0 saturated heterocycles. The molecule has 5 nitrogen and oxygen atoms in total. The van der Waals surface area contributed by atoms with Gasteiger partial charge in [0.25, 0.3) is 0 Å². The third kappa shape index (κ3) is 31.3. The van der Waals surface area contributed by atoms with E-state index >= 15 is 0 Å². The molecule has 11 heteroatoms. The topological polar surface area (TPSA) is 110 Å². The summed E-state index contributed by atoms with van der Waals surface area (Å²) in [4.78, 5) is 0. The van der Waals surface area contributed by atoms with Crippen molar-refractivity contribution in [2.75, 3.05) is 0 Å². The van der Waals surface area contributed by atoms with Crippen molar-refractivity contribution < 1.29 is 112 Å². The second-order valence-electron chi connectivity index (χ2n) is 0.408. The van der Waals surface area contributed by atoms with E-state index < -0.39 is 20.2 Å². The molecule has 0 rings (SSSR count). The van der Waals surface area contributed by atoms with Gasteiger partial charge in [-0.15, -0.1) is 0 Å². The Labute approximate surface area is 178 Å². The summed E-state index contributed by atoms with van der Waals surface area (Å²) >= 11 is 0. The first-order chi connectivity index (χ1) is 2.64. The maximum atomic E-state index is 9.09. The van der Waals surface area contributed by atoms with E-state index in [2.05, 4.69) is 0 Å². The first-order valence-electron chi connectivity index (χ1n) is 0.833. The van der Waals surface area contributed by atoms with Crippen molar-refractivity contribution >= 4 is 71.6 Å². The molecule has 11 heavy (non-hydrogen) atoms. The third-order valence-electron chi connectivity index (χ3n) is 0.111. The Hall–Kier alpha value is 4.82. The fraction of sp³-hybridized carbons (Fsp3) is 0. The molecule has 0 aromatic rings. The molecule has 0 aromatic carbocycles. The van der Waals surface area contributed by atoms with Gasteiger partial charge in [-0.25, -0.2) is 0 Å². The summed E-state index contributed by atoms with van der Waals surface area (Å²) in [6.45, 7) is 0. The molecule has 1 N–H and O–H groups in total. The molecule has 0 aliphatic rings. The molecule has 48 valence electrons. The molecular formula is H2KNa3O5S2. The van der Waals surface area contributed by atoms with Crippen LogP contribution in [-0.4, -0.2) is 74.4 Å². The molecule has 2 atom stereocenters. The fourth-order valence-electron chi connectivity index (χ4n) is 0. The van der Waals surface area contributed by atoms with Gasteiger partial charge in [0, 0.05) is 20.2 Å². The zero-order valence-electron chi connectivity index (χ0n) is 5.90. The molecule has 0 aliphatic carbocycles. The number of hydrogen-bond donors (Lipinski definition) is 0. The van der Waals surface area contributed by atoms with E-state index in [0.717, 1.165) is 0 Å². The number of hydrogen-bond acceptors (Lipinski definition) is 5. The molecule has 0 fully saturated rings. The molecule has 0 aromatic heterocycles. The summed E-state index contributed by atoms with van der Waals surface area (Å²) < 4.78 is 36.3. The molecule has 0 bridgehead atoms.